The summed E-state index contributed by atoms with van der Waals surface area (Å²) in [5.41, 5.74) is 2.36. The molecule has 0 amide bonds. The molecule has 4 heterocycles. The van der Waals surface area contributed by atoms with E-state index in [4.69, 9.17) is 28.4 Å². The Balaban J connectivity index is 0.000000216. The monoisotopic (exact) mass is 748 g/mol. The molecular weight excluding hydrogens is 705 g/mol. The number of ether oxygens (including phenoxy) is 6. The van der Waals surface area contributed by atoms with Crippen LogP contribution in [0.3, 0.4) is 0 Å². The summed E-state index contributed by atoms with van der Waals surface area (Å²) in [5, 5.41) is 6.85. The molecule has 0 radical (unpaired) electrons. The zero-order valence-corrected chi connectivity index (χ0v) is 29.6. The number of fused-ring (bicyclic) bond motifs is 2. The van der Waals surface area contributed by atoms with E-state index in [0.29, 0.717) is 36.9 Å². The number of hydrogen-bond donors (Lipinski definition) is 2. The van der Waals surface area contributed by atoms with Gasteiger partial charge in [0.25, 0.3) is 0 Å². The molecule has 9 nitrogen and oxygen atoms in total. The van der Waals surface area contributed by atoms with E-state index in [2.05, 4.69) is 10.6 Å². The lowest BCUT2D eigenvalue weighted by molar-refractivity contribution is 0.173. The van der Waals surface area contributed by atoms with E-state index in [9.17, 15) is 8.78 Å². The van der Waals surface area contributed by atoms with Gasteiger partial charge in [-0.25, -0.2) is 8.78 Å². The summed E-state index contributed by atoms with van der Waals surface area (Å²) in [4.78, 5) is 0. The van der Waals surface area contributed by atoms with Crippen LogP contribution in [0.15, 0.2) is 84.9 Å². The minimum Gasteiger partial charge on any atom is -0.493 e. The third kappa shape index (κ3) is 10.1. The molecule has 0 unspecified atom stereocenters. The number of piperidine rings is 2. The van der Waals surface area contributed by atoms with Crippen molar-refractivity contribution in [2.45, 2.75) is 24.7 Å². The van der Waals surface area contributed by atoms with Crippen LogP contribution in [0.4, 0.5) is 8.78 Å². The van der Waals surface area contributed by atoms with Crippen LogP contribution in [0.2, 0.25) is 0 Å². The second-order valence-electron chi connectivity index (χ2n) is 12.5. The number of rotatable bonds is 8. The molecule has 4 aromatic rings. The van der Waals surface area contributed by atoms with Crippen LogP contribution in [0, 0.1) is 23.5 Å². The minimum atomic E-state index is -0.194. The Morgan fingerprint density at radius 3 is 1.35 bits per heavy atom. The van der Waals surface area contributed by atoms with Gasteiger partial charge in [-0.1, -0.05) is 24.3 Å². The molecule has 13 heteroatoms. The van der Waals surface area contributed by atoms with Gasteiger partial charge >= 0.3 is 0 Å². The molecule has 4 aliphatic rings. The van der Waals surface area contributed by atoms with E-state index in [1.54, 1.807) is 0 Å². The van der Waals surface area contributed by atoms with Gasteiger partial charge in [0, 0.05) is 37.1 Å². The topological polar surface area (TPSA) is 111 Å². The average Bonchev–Trinajstić information content (AvgIpc) is 3.80. The maximum atomic E-state index is 13.2. The van der Waals surface area contributed by atoms with Crippen molar-refractivity contribution < 1.29 is 42.7 Å². The van der Waals surface area contributed by atoms with Crippen LogP contribution in [-0.2, 0) is 0 Å². The van der Waals surface area contributed by atoms with Crippen molar-refractivity contribution in [3.8, 4) is 34.5 Å². The van der Waals surface area contributed by atoms with E-state index in [1.165, 1.54) is 35.4 Å². The molecule has 2 saturated heterocycles. The fourth-order valence-corrected chi connectivity index (χ4v) is 6.83. The predicted octanol–water partition coefficient (Wildman–Crippen LogP) is 6.67. The summed E-state index contributed by atoms with van der Waals surface area (Å²) in [5.74, 6) is 5.57. The molecule has 0 aromatic heterocycles. The Kier molecular flexibility index (Phi) is 14.8. The summed E-state index contributed by atoms with van der Waals surface area (Å²) in [6.45, 7) is 5.48. The smallest absolute Gasteiger partial charge is 0.231 e. The summed E-state index contributed by atoms with van der Waals surface area (Å²) in [6, 6.07) is 25.0. The van der Waals surface area contributed by atoms with Crippen LogP contribution < -0.4 is 39.1 Å². The molecular formula is C38H44Cl2F2N2O7. The van der Waals surface area contributed by atoms with Gasteiger partial charge in [0.2, 0.25) is 13.6 Å². The molecule has 0 spiro atoms. The summed E-state index contributed by atoms with van der Waals surface area (Å²) >= 11 is 0. The number of benzene rings is 4. The molecule has 51 heavy (non-hydrogen) atoms. The van der Waals surface area contributed by atoms with Gasteiger partial charge in [-0.05, 0) is 97.4 Å². The van der Waals surface area contributed by atoms with E-state index in [0.717, 1.165) is 73.5 Å². The van der Waals surface area contributed by atoms with Crippen LogP contribution in [0.1, 0.15) is 35.8 Å². The number of halogens is 4. The maximum Gasteiger partial charge on any atom is 0.231 e. The minimum absolute atomic E-state index is 0. The first-order valence-corrected chi connectivity index (χ1v) is 16.6. The predicted molar refractivity (Wildman–Crippen MR) is 194 cm³/mol. The highest BCUT2D eigenvalue weighted by Crippen LogP contribution is 2.38. The highest BCUT2D eigenvalue weighted by Gasteiger charge is 2.28. The molecule has 0 bridgehead atoms. The number of nitrogens with one attached hydrogen (secondary N) is 2. The summed E-state index contributed by atoms with van der Waals surface area (Å²) < 4.78 is 59.7. The lowest BCUT2D eigenvalue weighted by Crippen LogP contribution is -2.38. The number of hydrogen-bond acceptors (Lipinski definition) is 8. The van der Waals surface area contributed by atoms with Gasteiger partial charge in [-0.3, -0.25) is 0 Å². The molecule has 4 aliphatic heterocycles. The van der Waals surface area contributed by atoms with Crippen molar-refractivity contribution in [3.05, 3.63) is 108 Å². The first-order chi connectivity index (χ1) is 23.6. The van der Waals surface area contributed by atoms with E-state index < -0.39 is 0 Å². The standard InChI is InChI=1S/2C19H20FNO3.2ClH.H2O/c2*20-15-3-1-13(2-4-15)17-7-8-21-10-14(17)11-22-16-5-6-18-19(9-16)24-12-23-18;;;/h2*1-6,9,14,17,21H,7-8,10-12H2;2*1H;1H2/t2*14-,17-;;;/m11.../s1. The van der Waals surface area contributed by atoms with Gasteiger partial charge in [0.15, 0.2) is 23.0 Å². The third-order valence-corrected chi connectivity index (χ3v) is 9.43. The fraction of sp³-hybridized carbons (Fsp3) is 0.368. The Morgan fingerprint density at radius 2 is 0.941 bits per heavy atom. The van der Waals surface area contributed by atoms with Crippen LogP contribution in [0.25, 0.3) is 0 Å². The van der Waals surface area contributed by atoms with Crippen LogP contribution in [-0.4, -0.2) is 58.5 Å². The van der Waals surface area contributed by atoms with Crippen molar-refractivity contribution in [1.82, 2.24) is 10.6 Å². The lowest BCUT2D eigenvalue weighted by Gasteiger charge is -2.32. The largest absolute Gasteiger partial charge is 0.493 e. The van der Waals surface area contributed by atoms with Crippen LogP contribution >= 0.6 is 24.8 Å². The Hall–Kier alpha value is -4.00. The van der Waals surface area contributed by atoms with Gasteiger partial charge < -0.3 is 44.5 Å². The zero-order chi connectivity index (χ0) is 32.7. The first kappa shape index (κ1) is 39.8. The van der Waals surface area contributed by atoms with Gasteiger partial charge in [-0.15, -0.1) is 24.8 Å². The van der Waals surface area contributed by atoms with Gasteiger partial charge in [0.05, 0.1) is 13.2 Å². The summed E-state index contributed by atoms with van der Waals surface area (Å²) in [6.07, 6.45) is 2.06. The molecule has 276 valence electrons. The normalized spacial score (nSPS) is 21.1. The second-order valence-corrected chi connectivity index (χ2v) is 12.5. The average molecular weight is 750 g/mol. The van der Waals surface area contributed by atoms with Gasteiger partial charge in [0.1, 0.15) is 23.1 Å². The van der Waals surface area contributed by atoms with Crippen molar-refractivity contribution in [2.75, 3.05) is 53.0 Å². The molecule has 0 aliphatic carbocycles. The second kappa shape index (κ2) is 19.0. The lowest BCUT2D eigenvalue weighted by atomic mass is 9.81. The van der Waals surface area contributed by atoms with Crippen LogP contribution in [0.5, 0.6) is 34.5 Å². The van der Waals surface area contributed by atoms with Crippen molar-refractivity contribution in [3.63, 3.8) is 0 Å². The Bertz CT molecular complexity index is 1550. The zero-order valence-electron chi connectivity index (χ0n) is 28.0. The Labute approximate surface area is 309 Å². The van der Waals surface area contributed by atoms with Crippen molar-refractivity contribution in [1.29, 1.82) is 0 Å². The molecule has 4 N–H and O–H groups in total. The third-order valence-electron chi connectivity index (χ3n) is 9.43. The molecule has 0 saturated carbocycles. The fourth-order valence-electron chi connectivity index (χ4n) is 6.83. The SMILES string of the molecule is Cl.Cl.Fc1ccc([C@H]2CCNC[C@@H]2COc2ccc3c(c2)OCO3)cc1.Fc1ccc([C@H]2CCNC[C@@H]2COc2ccc3c(c2)OCO3)cc1.O. The maximum absolute atomic E-state index is 13.2. The van der Waals surface area contributed by atoms with Crippen molar-refractivity contribution in [2.24, 2.45) is 11.8 Å². The van der Waals surface area contributed by atoms with Crippen molar-refractivity contribution >= 4 is 24.8 Å². The molecule has 4 atom stereocenters. The molecule has 8 rings (SSSR count). The van der Waals surface area contributed by atoms with E-state index >= 15 is 0 Å². The highest BCUT2D eigenvalue weighted by molar-refractivity contribution is 5.85. The molecule has 4 aromatic carbocycles. The summed E-state index contributed by atoms with van der Waals surface area (Å²) in [7, 11) is 0. The first-order valence-electron chi connectivity index (χ1n) is 16.6. The quantitative estimate of drug-likeness (QED) is 0.206. The Morgan fingerprint density at radius 1 is 0.549 bits per heavy atom. The van der Waals surface area contributed by atoms with E-state index in [-0.39, 0.29) is 55.5 Å². The van der Waals surface area contributed by atoms with Gasteiger partial charge in [-0.2, -0.15) is 0 Å². The molecule has 2 fully saturated rings. The highest BCUT2D eigenvalue weighted by atomic mass is 35.5. The van der Waals surface area contributed by atoms with E-state index in [1.807, 2.05) is 60.7 Å².